The van der Waals surface area contributed by atoms with Crippen molar-refractivity contribution >= 4 is 30.6 Å². The van der Waals surface area contributed by atoms with Gasteiger partial charge >= 0.3 is 0 Å². The van der Waals surface area contributed by atoms with Crippen LogP contribution < -0.4 is 10.2 Å². The van der Waals surface area contributed by atoms with E-state index in [1.165, 1.54) is 12.8 Å². The molecule has 1 aromatic rings. The lowest BCUT2D eigenvalue weighted by Gasteiger charge is -2.32. The highest BCUT2D eigenvalue weighted by atomic mass is 35.5. The first-order valence-corrected chi connectivity index (χ1v) is 6.51. The average molecular weight is 307 g/mol. The van der Waals surface area contributed by atoms with Crippen LogP contribution in [0.1, 0.15) is 26.7 Å². The van der Waals surface area contributed by atoms with E-state index in [9.17, 15) is 0 Å². The van der Waals surface area contributed by atoms with Crippen LogP contribution in [0, 0.1) is 5.92 Å². The molecule has 2 rings (SSSR count). The van der Waals surface area contributed by atoms with Gasteiger partial charge in [0.2, 0.25) is 0 Å². The number of rotatable bonds is 4. The molecule has 1 N–H and O–H groups in total. The largest absolute Gasteiger partial charge is 0.355 e. The second-order valence-electron chi connectivity index (χ2n) is 5.08. The van der Waals surface area contributed by atoms with Crippen LogP contribution in [0.5, 0.6) is 0 Å². The van der Waals surface area contributed by atoms with E-state index in [0.717, 1.165) is 31.4 Å². The number of aromatic nitrogens is 2. The molecule has 0 aromatic carbocycles. The lowest BCUT2D eigenvalue weighted by Crippen LogP contribution is -2.39. The minimum absolute atomic E-state index is 0. The number of nitrogens with zero attached hydrogens (tertiary/aromatic N) is 3. The molecule has 0 radical (unpaired) electrons. The molecule has 6 heteroatoms. The zero-order chi connectivity index (χ0) is 12.1. The van der Waals surface area contributed by atoms with Gasteiger partial charge in [-0.3, -0.25) is 0 Å². The van der Waals surface area contributed by atoms with Gasteiger partial charge in [-0.2, -0.15) is 5.10 Å². The van der Waals surface area contributed by atoms with Crippen LogP contribution in [-0.4, -0.2) is 35.9 Å². The van der Waals surface area contributed by atoms with Gasteiger partial charge < -0.3 is 10.2 Å². The molecule has 0 saturated carbocycles. The third-order valence-corrected chi connectivity index (χ3v) is 3.31. The highest BCUT2D eigenvalue weighted by molar-refractivity contribution is 5.85. The summed E-state index contributed by atoms with van der Waals surface area (Å²) in [7, 11) is 0. The van der Waals surface area contributed by atoms with E-state index in [1.54, 1.807) is 6.20 Å². The summed E-state index contributed by atoms with van der Waals surface area (Å²) in [5.74, 6) is 1.83. The van der Waals surface area contributed by atoms with Gasteiger partial charge in [-0.05, 0) is 37.4 Å². The van der Waals surface area contributed by atoms with Crippen molar-refractivity contribution in [2.24, 2.45) is 5.92 Å². The van der Waals surface area contributed by atoms with Gasteiger partial charge in [0.1, 0.15) is 0 Å². The summed E-state index contributed by atoms with van der Waals surface area (Å²) in [4.78, 5) is 2.33. The summed E-state index contributed by atoms with van der Waals surface area (Å²) in [5.41, 5.74) is 0. The molecular weight excluding hydrogens is 283 g/mol. The molecule has 110 valence electrons. The van der Waals surface area contributed by atoms with E-state index in [-0.39, 0.29) is 24.8 Å². The van der Waals surface area contributed by atoms with Gasteiger partial charge in [-0.15, -0.1) is 29.9 Å². The Morgan fingerprint density at radius 3 is 2.53 bits per heavy atom. The van der Waals surface area contributed by atoms with Crippen LogP contribution in [0.3, 0.4) is 0 Å². The third-order valence-electron chi connectivity index (χ3n) is 3.31. The van der Waals surface area contributed by atoms with Crippen LogP contribution in [0.25, 0.3) is 0 Å². The van der Waals surface area contributed by atoms with Crippen LogP contribution in [0.2, 0.25) is 0 Å². The Morgan fingerprint density at radius 2 is 2.00 bits per heavy atom. The normalized spacial score (nSPS) is 15.8. The van der Waals surface area contributed by atoms with Gasteiger partial charge in [0.05, 0.1) is 0 Å². The molecule has 1 aliphatic heterocycles. The molecule has 2 heterocycles. The highest BCUT2D eigenvalue weighted by Gasteiger charge is 2.19. The maximum Gasteiger partial charge on any atom is 0.151 e. The molecule has 19 heavy (non-hydrogen) atoms. The Morgan fingerprint density at radius 1 is 1.32 bits per heavy atom. The summed E-state index contributed by atoms with van der Waals surface area (Å²) >= 11 is 0. The summed E-state index contributed by atoms with van der Waals surface area (Å²) in [6.45, 7) is 7.75. The van der Waals surface area contributed by atoms with E-state index in [4.69, 9.17) is 0 Å². The summed E-state index contributed by atoms with van der Waals surface area (Å²) in [5, 5.41) is 11.6. The quantitative estimate of drug-likeness (QED) is 0.928. The van der Waals surface area contributed by atoms with E-state index < -0.39 is 0 Å². The molecule has 0 unspecified atom stereocenters. The molecule has 0 aliphatic carbocycles. The lowest BCUT2D eigenvalue weighted by molar-refractivity contribution is 0.369. The summed E-state index contributed by atoms with van der Waals surface area (Å²) in [6.07, 6.45) is 4.22. The van der Waals surface area contributed by atoms with Crippen LogP contribution >= 0.6 is 24.8 Å². The van der Waals surface area contributed by atoms with Crippen molar-refractivity contribution in [3.05, 3.63) is 18.3 Å². The van der Waals surface area contributed by atoms with Crippen molar-refractivity contribution in [2.45, 2.75) is 32.7 Å². The third kappa shape index (κ3) is 5.93. The van der Waals surface area contributed by atoms with E-state index in [0.29, 0.717) is 6.04 Å². The van der Waals surface area contributed by atoms with Crippen molar-refractivity contribution in [3.8, 4) is 0 Å². The molecule has 1 aromatic heterocycles. The predicted octanol–water partition coefficient (Wildman–Crippen LogP) is 2.53. The highest BCUT2D eigenvalue weighted by Crippen LogP contribution is 2.20. The van der Waals surface area contributed by atoms with Crippen molar-refractivity contribution < 1.29 is 0 Å². The van der Waals surface area contributed by atoms with Crippen molar-refractivity contribution in [2.75, 3.05) is 24.5 Å². The van der Waals surface area contributed by atoms with Gasteiger partial charge in [-0.25, -0.2) is 0 Å². The van der Waals surface area contributed by atoms with Gasteiger partial charge in [0.15, 0.2) is 5.82 Å². The molecule has 0 spiro atoms. The monoisotopic (exact) mass is 306 g/mol. The Labute approximate surface area is 128 Å². The Bertz CT molecular complexity index is 327. The van der Waals surface area contributed by atoms with Crippen molar-refractivity contribution in [1.29, 1.82) is 0 Å². The van der Waals surface area contributed by atoms with Crippen LogP contribution in [0.4, 0.5) is 5.82 Å². The molecule has 4 nitrogen and oxygen atoms in total. The fraction of sp³-hybridized carbons (Fsp3) is 0.692. The molecule has 1 saturated heterocycles. The number of halogens is 2. The minimum atomic E-state index is 0. The molecule has 0 atom stereocenters. The van der Waals surface area contributed by atoms with Crippen LogP contribution in [0.15, 0.2) is 18.3 Å². The minimum Gasteiger partial charge on any atom is -0.355 e. The van der Waals surface area contributed by atoms with Crippen molar-refractivity contribution in [3.63, 3.8) is 0 Å². The topological polar surface area (TPSA) is 41.0 Å². The SMILES string of the molecule is CC(C)NCC1CCN(c2cccnn2)CC1.Cl.Cl. The van der Waals surface area contributed by atoms with Crippen molar-refractivity contribution in [1.82, 2.24) is 15.5 Å². The molecule has 0 amide bonds. The summed E-state index contributed by atoms with van der Waals surface area (Å²) in [6, 6.07) is 4.59. The molecule has 1 aliphatic rings. The van der Waals surface area contributed by atoms with E-state index >= 15 is 0 Å². The second-order valence-corrected chi connectivity index (χ2v) is 5.08. The Balaban J connectivity index is 0.00000162. The Kier molecular flexibility index (Phi) is 9.06. The standard InChI is InChI=1S/C13H22N4.2ClH/c1-11(2)14-10-12-5-8-17(9-6-12)13-4-3-7-15-16-13;;/h3-4,7,11-12,14H,5-6,8-10H2,1-2H3;2*1H. The number of piperidine rings is 1. The smallest absolute Gasteiger partial charge is 0.151 e. The van der Waals surface area contributed by atoms with Gasteiger partial charge in [0, 0.05) is 25.3 Å². The van der Waals surface area contributed by atoms with Crippen LogP contribution in [-0.2, 0) is 0 Å². The number of hydrogen-bond donors (Lipinski definition) is 1. The number of nitrogens with one attached hydrogen (secondary N) is 1. The fourth-order valence-corrected chi connectivity index (χ4v) is 2.23. The first-order chi connectivity index (χ1) is 8.25. The maximum atomic E-state index is 4.16. The predicted molar refractivity (Wildman–Crippen MR) is 84.6 cm³/mol. The second kappa shape index (κ2) is 9.34. The maximum absolute atomic E-state index is 4.16. The first-order valence-electron chi connectivity index (χ1n) is 6.51. The van der Waals surface area contributed by atoms with Gasteiger partial charge in [-0.1, -0.05) is 13.8 Å². The number of hydrogen-bond acceptors (Lipinski definition) is 4. The zero-order valence-electron chi connectivity index (χ0n) is 11.6. The first kappa shape index (κ1) is 18.4. The molecule has 0 bridgehead atoms. The Hall–Kier alpha value is -0.580. The van der Waals surface area contributed by atoms with E-state index in [1.807, 2.05) is 12.1 Å². The zero-order valence-corrected chi connectivity index (χ0v) is 13.2. The average Bonchev–Trinajstić information content (AvgIpc) is 2.38. The van der Waals surface area contributed by atoms with Gasteiger partial charge in [0.25, 0.3) is 0 Å². The number of anilines is 1. The molecular formula is C13H24Cl2N4. The van der Waals surface area contributed by atoms with E-state index in [2.05, 4.69) is 34.3 Å². The summed E-state index contributed by atoms with van der Waals surface area (Å²) < 4.78 is 0. The lowest BCUT2D eigenvalue weighted by atomic mass is 9.96. The molecule has 1 fully saturated rings. The fourth-order valence-electron chi connectivity index (χ4n) is 2.23.